The number of aliphatic hydroxyl groups is 1. The van der Waals surface area contributed by atoms with Gasteiger partial charge in [-0.2, -0.15) is 8.42 Å². The van der Waals surface area contributed by atoms with Crippen LogP contribution >= 0.6 is 0 Å². The molecule has 0 aliphatic carbocycles. The molecule has 0 aliphatic heterocycles. The van der Waals surface area contributed by atoms with Crippen LogP contribution in [-0.4, -0.2) is 29.4 Å². The minimum absolute atomic E-state index is 0.0887. The molecule has 0 bridgehead atoms. The molecule has 0 aromatic rings. The van der Waals surface area contributed by atoms with Gasteiger partial charge in [0.05, 0.1) is 11.4 Å². The molecule has 0 saturated carbocycles. The number of unbranched alkanes of at least 4 members (excludes halogenated alkanes) is 13. The quantitative estimate of drug-likeness (QED) is 0.137. The molecule has 0 heterocycles. The largest absolute Gasteiger partial charge is 0.393 e. The topological polar surface area (TPSA) is 74.6 Å². The highest BCUT2D eigenvalue weighted by Crippen LogP contribution is 2.18. The van der Waals surface area contributed by atoms with Gasteiger partial charge in [-0.3, -0.25) is 4.55 Å². The number of rotatable bonds is 22. The normalized spacial score (nSPS) is 14.2. The number of aliphatic hydroxyl groups excluding tert-OH is 1. The van der Waals surface area contributed by atoms with Crippen LogP contribution in [0.5, 0.6) is 0 Å². The Hall–Kier alpha value is -0.130. The minimum atomic E-state index is -3.88. The summed E-state index contributed by atoms with van der Waals surface area (Å²) in [4.78, 5) is 0. The molecule has 29 heavy (non-hydrogen) atoms. The fourth-order valence-electron chi connectivity index (χ4n) is 3.99. The van der Waals surface area contributed by atoms with Gasteiger partial charge in [0.1, 0.15) is 0 Å². The van der Waals surface area contributed by atoms with E-state index in [1.54, 1.807) is 0 Å². The average molecular weight is 435 g/mol. The first-order valence-electron chi connectivity index (χ1n) is 12.6. The van der Waals surface area contributed by atoms with E-state index in [9.17, 15) is 18.1 Å². The molecule has 176 valence electrons. The van der Waals surface area contributed by atoms with Crippen molar-refractivity contribution < 1.29 is 18.1 Å². The standard InChI is InChI=1S/C24H50O4S/c1-3-5-7-16-19-23(25)20-17-14-12-10-8-9-11-13-15-18-22-24(21-6-4-2)29(26,27)28/h23-25H,3-22H2,1-2H3,(H,26,27,28). The molecule has 0 aliphatic rings. The zero-order valence-corrected chi connectivity index (χ0v) is 20.2. The van der Waals surface area contributed by atoms with Crippen molar-refractivity contribution in [2.24, 2.45) is 0 Å². The maximum Gasteiger partial charge on any atom is 0.267 e. The summed E-state index contributed by atoms with van der Waals surface area (Å²) in [6.07, 6.45) is 21.7. The molecule has 2 unspecified atom stereocenters. The third-order valence-corrected chi connectivity index (χ3v) is 7.32. The summed E-state index contributed by atoms with van der Waals surface area (Å²) in [5, 5.41) is 9.41. The molecule has 0 amide bonds. The minimum Gasteiger partial charge on any atom is -0.393 e. The lowest BCUT2D eigenvalue weighted by molar-refractivity contribution is 0.147. The average Bonchev–Trinajstić information content (AvgIpc) is 2.67. The Morgan fingerprint density at radius 1 is 0.552 bits per heavy atom. The summed E-state index contributed by atoms with van der Waals surface area (Å²) in [6, 6.07) is 0. The molecule has 2 atom stereocenters. The van der Waals surface area contributed by atoms with Crippen molar-refractivity contribution in [1.82, 2.24) is 0 Å². The van der Waals surface area contributed by atoms with E-state index in [4.69, 9.17) is 0 Å². The summed E-state index contributed by atoms with van der Waals surface area (Å²) >= 11 is 0. The van der Waals surface area contributed by atoms with E-state index in [1.807, 2.05) is 6.92 Å². The van der Waals surface area contributed by atoms with Crippen LogP contribution in [0.25, 0.3) is 0 Å². The number of hydrogen-bond donors (Lipinski definition) is 2. The molecule has 0 aromatic heterocycles. The highest BCUT2D eigenvalue weighted by atomic mass is 32.2. The molecule has 0 fully saturated rings. The van der Waals surface area contributed by atoms with Crippen LogP contribution in [0.1, 0.15) is 142 Å². The van der Waals surface area contributed by atoms with E-state index < -0.39 is 15.4 Å². The molecule has 0 rings (SSSR count). The van der Waals surface area contributed by atoms with Crippen molar-refractivity contribution in [3.05, 3.63) is 0 Å². The summed E-state index contributed by atoms with van der Waals surface area (Å²) < 4.78 is 32.1. The lowest BCUT2D eigenvalue weighted by Crippen LogP contribution is -2.20. The van der Waals surface area contributed by atoms with Gasteiger partial charge in [-0.1, -0.05) is 117 Å². The Balaban J connectivity index is 3.42. The van der Waals surface area contributed by atoms with E-state index in [0.717, 1.165) is 51.4 Å². The van der Waals surface area contributed by atoms with E-state index >= 15 is 0 Å². The Labute approximate surface area is 182 Å². The van der Waals surface area contributed by atoms with Crippen LogP contribution < -0.4 is 0 Å². The third kappa shape index (κ3) is 19.6. The van der Waals surface area contributed by atoms with Crippen LogP contribution in [0.2, 0.25) is 0 Å². The predicted molar refractivity (Wildman–Crippen MR) is 125 cm³/mol. The van der Waals surface area contributed by atoms with Crippen molar-refractivity contribution in [2.75, 3.05) is 0 Å². The fourth-order valence-corrected chi connectivity index (χ4v) is 4.92. The van der Waals surface area contributed by atoms with Crippen LogP contribution in [0.15, 0.2) is 0 Å². The second kappa shape index (κ2) is 19.8. The zero-order chi connectivity index (χ0) is 21.8. The van der Waals surface area contributed by atoms with E-state index in [1.165, 1.54) is 64.2 Å². The van der Waals surface area contributed by atoms with E-state index in [0.29, 0.717) is 12.8 Å². The number of hydrogen-bond acceptors (Lipinski definition) is 3. The van der Waals surface area contributed by atoms with Crippen LogP contribution in [0.3, 0.4) is 0 Å². The SMILES string of the molecule is CCCCCCC(O)CCCCCCCCCCCCC(CCCC)S(=O)(=O)O. The van der Waals surface area contributed by atoms with Gasteiger partial charge in [0.25, 0.3) is 10.1 Å². The third-order valence-electron chi connectivity index (χ3n) is 6.01. The Bertz CT molecular complexity index is 436. The van der Waals surface area contributed by atoms with Crippen LogP contribution in [-0.2, 0) is 10.1 Å². The van der Waals surface area contributed by atoms with Gasteiger partial charge < -0.3 is 5.11 Å². The van der Waals surface area contributed by atoms with Gasteiger partial charge in [-0.25, -0.2) is 0 Å². The smallest absolute Gasteiger partial charge is 0.267 e. The zero-order valence-electron chi connectivity index (χ0n) is 19.4. The molecule has 0 radical (unpaired) electrons. The molecule has 0 aromatic carbocycles. The van der Waals surface area contributed by atoms with Crippen molar-refractivity contribution >= 4 is 10.1 Å². The second-order valence-corrected chi connectivity index (χ2v) is 10.6. The summed E-state index contributed by atoms with van der Waals surface area (Å²) in [6.45, 7) is 4.26. The van der Waals surface area contributed by atoms with E-state index in [-0.39, 0.29) is 6.10 Å². The highest BCUT2D eigenvalue weighted by Gasteiger charge is 2.21. The van der Waals surface area contributed by atoms with Gasteiger partial charge in [-0.05, 0) is 25.7 Å². The Morgan fingerprint density at radius 3 is 1.31 bits per heavy atom. The second-order valence-electron chi connectivity index (χ2n) is 8.90. The van der Waals surface area contributed by atoms with Gasteiger partial charge in [-0.15, -0.1) is 0 Å². The van der Waals surface area contributed by atoms with E-state index in [2.05, 4.69) is 6.92 Å². The molecular formula is C24H50O4S. The van der Waals surface area contributed by atoms with Gasteiger partial charge >= 0.3 is 0 Å². The molecule has 0 spiro atoms. The molecule has 0 saturated heterocycles. The van der Waals surface area contributed by atoms with Crippen LogP contribution in [0.4, 0.5) is 0 Å². The molecular weight excluding hydrogens is 384 g/mol. The monoisotopic (exact) mass is 434 g/mol. The maximum absolute atomic E-state index is 11.4. The van der Waals surface area contributed by atoms with Crippen molar-refractivity contribution in [2.45, 2.75) is 154 Å². The van der Waals surface area contributed by atoms with Gasteiger partial charge in [0.2, 0.25) is 0 Å². The Morgan fingerprint density at radius 2 is 0.897 bits per heavy atom. The van der Waals surface area contributed by atoms with Crippen molar-refractivity contribution in [3.8, 4) is 0 Å². The predicted octanol–water partition coefficient (Wildman–Crippen LogP) is 7.45. The maximum atomic E-state index is 11.4. The first-order valence-corrected chi connectivity index (χ1v) is 14.1. The molecule has 5 heteroatoms. The summed E-state index contributed by atoms with van der Waals surface area (Å²) in [5.41, 5.74) is 0. The molecule has 2 N–H and O–H groups in total. The van der Waals surface area contributed by atoms with Gasteiger partial charge in [0, 0.05) is 0 Å². The lowest BCUT2D eigenvalue weighted by Gasteiger charge is -2.13. The van der Waals surface area contributed by atoms with Crippen LogP contribution in [0, 0.1) is 0 Å². The summed E-state index contributed by atoms with van der Waals surface area (Å²) in [5.74, 6) is 0. The molecule has 4 nitrogen and oxygen atoms in total. The fraction of sp³-hybridized carbons (Fsp3) is 1.00. The Kier molecular flexibility index (Phi) is 19.7. The summed E-state index contributed by atoms with van der Waals surface area (Å²) in [7, 11) is -3.88. The van der Waals surface area contributed by atoms with Crippen molar-refractivity contribution in [3.63, 3.8) is 0 Å². The van der Waals surface area contributed by atoms with Crippen molar-refractivity contribution in [1.29, 1.82) is 0 Å². The first kappa shape index (κ1) is 28.9. The lowest BCUT2D eigenvalue weighted by atomic mass is 10.0. The van der Waals surface area contributed by atoms with Gasteiger partial charge in [0.15, 0.2) is 0 Å². The first-order chi connectivity index (χ1) is 13.9. The highest BCUT2D eigenvalue weighted by molar-refractivity contribution is 7.86.